The highest BCUT2D eigenvalue weighted by Gasteiger charge is 2.34. The zero-order chi connectivity index (χ0) is 17.6. The van der Waals surface area contributed by atoms with E-state index >= 15 is 0 Å². The van der Waals surface area contributed by atoms with Gasteiger partial charge in [0.15, 0.2) is 0 Å². The van der Waals surface area contributed by atoms with E-state index in [1.165, 1.54) is 6.07 Å². The highest BCUT2D eigenvalue weighted by atomic mass is 32.2. The average Bonchev–Trinajstić information content (AvgIpc) is 2.52. The van der Waals surface area contributed by atoms with Gasteiger partial charge in [0, 0.05) is 19.8 Å². The van der Waals surface area contributed by atoms with Crippen LogP contribution in [0, 0.1) is 0 Å². The Hall–Kier alpha value is -1.93. The number of carboxylic acids is 1. The molecule has 0 spiro atoms. The normalized spacial score (nSPS) is 15.7. The Morgan fingerprint density at radius 1 is 1.25 bits per heavy atom. The van der Waals surface area contributed by atoms with E-state index in [0.29, 0.717) is 19.6 Å². The van der Waals surface area contributed by atoms with Crippen LogP contribution in [0.2, 0.25) is 0 Å². The predicted octanol–water partition coefficient (Wildman–Crippen LogP) is 2.40. The second kappa shape index (κ2) is 8.25. The topological polar surface area (TPSA) is 96.3 Å². The number of carboxylic acid groups (broad SMARTS) is 1. The highest BCUT2D eigenvalue weighted by molar-refractivity contribution is 7.90. The minimum atomic E-state index is -3.79. The third-order valence-corrected chi connectivity index (χ3v) is 5.45. The van der Waals surface area contributed by atoms with Crippen molar-refractivity contribution in [3.05, 3.63) is 24.3 Å². The molecule has 7 nitrogen and oxygen atoms in total. The Morgan fingerprint density at radius 3 is 2.67 bits per heavy atom. The van der Waals surface area contributed by atoms with Gasteiger partial charge < -0.3 is 9.84 Å². The molecule has 0 aromatic heterocycles. The van der Waals surface area contributed by atoms with E-state index in [9.17, 15) is 13.2 Å². The zero-order valence-corrected chi connectivity index (χ0v) is 14.5. The van der Waals surface area contributed by atoms with Gasteiger partial charge in [0.1, 0.15) is 17.2 Å². The fourth-order valence-electron chi connectivity index (χ4n) is 2.39. The highest BCUT2D eigenvalue weighted by Crippen LogP contribution is 2.32. The van der Waals surface area contributed by atoms with Gasteiger partial charge >= 0.3 is 5.97 Å². The molecule has 132 valence electrons. The van der Waals surface area contributed by atoms with Crippen LogP contribution in [0.4, 0.5) is 5.69 Å². The number of benzene rings is 1. The molecule has 0 amide bonds. The van der Waals surface area contributed by atoms with E-state index in [0.717, 1.165) is 17.1 Å². The largest absolute Gasteiger partial charge is 0.481 e. The zero-order valence-electron chi connectivity index (χ0n) is 13.6. The van der Waals surface area contributed by atoms with Crippen LogP contribution in [0.3, 0.4) is 0 Å². The number of ether oxygens (including phenoxy) is 1. The summed E-state index contributed by atoms with van der Waals surface area (Å²) in [5.74, 6) is -1.08. The number of amidine groups is 1. The lowest BCUT2D eigenvalue weighted by atomic mass is 10.3. The van der Waals surface area contributed by atoms with Gasteiger partial charge in [0.2, 0.25) is 0 Å². The molecule has 0 unspecified atom stereocenters. The Kier molecular flexibility index (Phi) is 6.33. The molecule has 1 aliphatic rings. The van der Waals surface area contributed by atoms with Crippen LogP contribution in [0.15, 0.2) is 34.2 Å². The number of aliphatic imine (C=N–C) groups is 1. The third-order valence-electron chi connectivity index (χ3n) is 3.57. The number of sulfonamides is 1. The number of fused-ring (bicyclic) bond motifs is 1. The van der Waals surface area contributed by atoms with Crippen molar-refractivity contribution in [1.29, 1.82) is 0 Å². The molecule has 0 bridgehead atoms. The Morgan fingerprint density at radius 2 is 1.96 bits per heavy atom. The summed E-state index contributed by atoms with van der Waals surface area (Å²) in [6.45, 7) is 3.28. The number of hydrogen-bond donors (Lipinski definition) is 1. The molecule has 1 N–H and O–H groups in total. The first kappa shape index (κ1) is 18.4. The SMILES string of the molecule is CCCCOCCCN1C(CC(=O)O)=Nc2ccccc2S1(=O)=O. The summed E-state index contributed by atoms with van der Waals surface area (Å²) in [5, 5.41) is 9.04. The van der Waals surface area contributed by atoms with E-state index in [4.69, 9.17) is 9.84 Å². The van der Waals surface area contributed by atoms with Gasteiger partial charge in [0.25, 0.3) is 10.0 Å². The van der Waals surface area contributed by atoms with Crippen LogP contribution < -0.4 is 0 Å². The van der Waals surface area contributed by atoms with Gasteiger partial charge in [-0.25, -0.2) is 13.4 Å². The quantitative estimate of drug-likeness (QED) is 0.687. The van der Waals surface area contributed by atoms with Gasteiger partial charge in [-0.2, -0.15) is 0 Å². The lowest BCUT2D eigenvalue weighted by Gasteiger charge is -2.29. The fraction of sp³-hybridized carbons (Fsp3) is 0.500. The maximum absolute atomic E-state index is 12.8. The number of nitrogens with zero attached hydrogens (tertiary/aromatic N) is 2. The Bertz CT molecular complexity index is 715. The van der Waals surface area contributed by atoms with Gasteiger partial charge in [-0.1, -0.05) is 25.5 Å². The van der Waals surface area contributed by atoms with Crippen molar-refractivity contribution < 1.29 is 23.1 Å². The number of rotatable bonds is 9. The van der Waals surface area contributed by atoms with Crippen LogP contribution in [0.5, 0.6) is 0 Å². The monoisotopic (exact) mass is 354 g/mol. The smallest absolute Gasteiger partial charge is 0.311 e. The predicted molar refractivity (Wildman–Crippen MR) is 90.0 cm³/mol. The number of aliphatic carboxylic acids is 1. The third kappa shape index (κ3) is 4.33. The molecular formula is C16H22N2O5S. The second-order valence-electron chi connectivity index (χ2n) is 5.46. The first-order valence-corrected chi connectivity index (χ1v) is 9.39. The molecular weight excluding hydrogens is 332 g/mol. The van der Waals surface area contributed by atoms with Crippen molar-refractivity contribution in [2.24, 2.45) is 4.99 Å². The second-order valence-corrected chi connectivity index (χ2v) is 7.29. The Labute approximate surface area is 142 Å². The Balaban J connectivity index is 2.16. The summed E-state index contributed by atoms with van der Waals surface area (Å²) in [7, 11) is -3.79. The number of unbranched alkanes of at least 4 members (excludes halogenated alkanes) is 1. The summed E-state index contributed by atoms with van der Waals surface area (Å²) in [6, 6.07) is 6.35. The average molecular weight is 354 g/mol. The maximum atomic E-state index is 12.8. The van der Waals surface area contributed by atoms with Crippen LogP contribution in [0.25, 0.3) is 0 Å². The number of carbonyl (C=O) groups is 1. The maximum Gasteiger partial charge on any atom is 0.311 e. The molecule has 0 aliphatic carbocycles. The van der Waals surface area contributed by atoms with Crippen molar-refractivity contribution in [1.82, 2.24) is 4.31 Å². The van der Waals surface area contributed by atoms with Crippen LogP contribution >= 0.6 is 0 Å². The summed E-state index contributed by atoms with van der Waals surface area (Å²) in [4.78, 5) is 15.4. The molecule has 1 aromatic rings. The van der Waals surface area contributed by atoms with Crippen LogP contribution in [-0.4, -0.2) is 49.4 Å². The van der Waals surface area contributed by atoms with Gasteiger partial charge in [-0.15, -0.1) is 0 Å². The fourth-order valence-corrected chi connectivity index (χ4v) is 4.01. The molecule has 24 heavy (non-hydrogen) atoms. The standard InChI is InChI=1S/C16H22N2O5S/c1-2-3-10-23-11-6-9-18-15(12-16(19)20)17-13-7-4-5-8-14(13)24(18,21)22/h4-5,7-8H,2-3,6,9-12H2,1H3,(H,19,20). The van der Waals surface area contributed by atoms with Crippen molar-refractivity contribution >= 4 is 27.5 Å². The molecule has 1 aliphatic heterocycles. The molecule has 0 radical (unpaired) electrons. The van der Waals surface area contributed by atoms with Gasteiger partial charge in [-0.05, 0) is 25.0 Å². The van der Waals surface area contributed by atoms with Crippen molar-refractivity contribution in [3.63, 3.8) is 0 Å². The van der Waals surface area contributed by atoms with Crippen LogP contribution in [0.1, 0.15) is 32.6 Å². The summed E-state index contributed by atoms with van der Waals surface area (Å²) >= 11 is 0. The molecule has 8 heteroatoms. The minimum absolute atomic E-state index is 0.0368. The molecule has 2 rings (SSSR count). The first-order valence-electron chi connectivity index (χ1n) is 7.95. The summed E-state index contributed by atoms with van der Waals surface area (Å²) in [6.07, 6.45) is 2.03. The molecule has 1 aromatic carbocycles. The van der Waals surface area contributed by atoms with Gasteiger partial charge in [0.05, 0.1) is 5.69 Å². The molecule has 0 saturated carbocycles. The molecule has 1 heterocycles. The molecule has 0 fully saturated rings. The number of para-hydroxylation sites is 1. The van der Waals surface area contributed by atoms with E-state index < -0.39 is 22.4 Å². The summed E-state index contributed by atoms with van der Waals surface area (Å²) < 4.78 is 32.1. The lowest BCUT2D eigenvalue weighted by Crippen LogP contribution is -2.41. The van der Waals surface area contributed by atoms with Crippen molar-refractivity contribution in [3.8, 4) is 0 Å². The van der Waals surface area contributed by atoms with E-state index in [2.05, 4.69) is 11.9 Å². The minimum Gasteiger partial charge on any atom is -0.481 e. The van der Waals surface area contributed by atoms with Crippen molar-refractivity contribution in [2.75, 3.05) is 19.8 Å². The molecule has 0 atom stereocenters. The van der Waals surface area contributed by atoms with E-state index in [1.807, 2.05) is 0 Å². The van der Waals surface area contributed by atoms with Crippen molar-refractivity contribution in [2.45, 2.75) is 37.5 Å². The van der Waals surface area contributed by atoms with E-state index in [1.54, 1.807) is 18.2 Å². The first-order chi connectivity index (χ1) is 11.5. The lowest BCUT2D eigenvalue weighted by molar-refractivity contribution is -0.135. The molecule has 0 saturated heterocycles. The summed E-state index contributed by atoms with van der Waals surface area (Å²) in [5.41, 5.74) is 0.282. The number of hydrogen-bond acceptors (Lipinski definition) is 5. The van der Waals surface area contributed by atoms with Gasteiger partial charge in [-0.3, -0.25) is 9.10 Å². The van der Waals surface area contributed by atoms with Crippen LogP contribution in [-0.2, 0) is 19.6 Å². The van der Waals surface area contributed by atoms with E-state index in [-0.39, 0.29) is 23.0 Å².